The summed E-state index contributed by atoms with van der Waals surface area (Å²) in [6, 6.07) is 7.99. The molecular formula is C12H13IN4. The van der Waals surface area contributed by atoms with Gasteiger partial charge in [-0.05, 0) is 34.2 Å². The van der Waals surface area contributed by atoms with Crippen molar-refractivity contribution in [2.24, 2.45) is 5.73 Å². The molecule has 0 unspecified atom stereocenters. The van der Waals surface area contributed by atoms with Gasteiger partial charge in [-0.1, -0.05) is 18.2 Å². The highest BCUT2D eigenvalue weighted by atomic mass is 127. The number of nitrogens with zero attached hydrogens (tertiary/aromatic N) is 3. The van der Waals surface area contributed by atoms with Crippen LogP contribution < -0.4 is 10.6 Å². The number of anilines is 2. The van der Waals surface area contributed by atoms with Gasteiger partial charge in [-0.2, -0.15) is 0 Å². The molecular weight excluding hydrogens is 327 g/mol. The number of nitrogens with two attached hydrogens (primary N) is 1. The van der Waals surface area contributed by atoms with Crippen molar-refractivity contribution in [2.75, 3.05) is 11.9 Å². The smallest absolute Gasteiger partial charge is 0.229 e. The third-order valence-corrected chi connectivity index (χ3v) is 3.04. The van der Waals surface area contributed by atoms with Gasteiger partial charge in [0.1, 0.15) is 0 Å². The van der Waals surface area contributed by atoms with Gasteiger partial charge >= 0.3 is 0 Å². The van der Waals surface area contributed by atoms with Crippen molar-refractivity contribution in [3.8, 4) is 0 Å². The zero-order valence-electron chi connectivity index (χ0n) is 9.47. The van der Waals surface area contributed by atoms with Crippen LogP contribution in [0, 0.1) is 3.57 Å². The van der Waals surface area contributed by atoms with Gasteiger partial charge < -0.3 is 10.6 Å². The largest absolute Gasteiger partial charge is 0.326 e. The molecule has 4 nitrogen and oxygen atoms in total. The fraction of sp³-hybridized carbons (Fsp3) is 0.167. The maximum Gasteiger partial charge on any atom is 0.229 e. The minimum atomic E-state index is 0.505. The average Bonchev–Trinajstić information content (AvgIpc) is 2.39. The standard InChI is InChI=1S/C12H13IN4/c1-17(12-15-7-10(13)8-16-12)11-5-3-2-4-9(11)6-14/h2-5,7-8H,6,14H2,1H3. The Bertz CT molecular complexity index is 498. The van der Waals surface area contributed by atoms with E-state index in [0.717, 1.165) is 14.8 Å². The zero-order chi connectivity index (χ0) is 12.3. The van der Waals surface area contributed by atoms with E-state index in [4.69, 9.17) is 5.73 Å². The number of para-hydroxylation sites is 1. The van der Waals surface area contributed by atoms with Gasteiger partial charge in [0.25, 0.3) is 0 Å². The summed E-state index contributed by atoms with van der Waals surface area (Å²) in [6.45, 7) is 0.505. The Balaban J connectivity index is 2.36. The second kappa shape index (κ2) is 5.42. The monoisotopic (exact) mass is 340 g/mol. The molecule has 0 radical (unpaired) electrons. The van der Waals surface area contributed by atoms with Gasteiger partial charge in [0.05, 0.1) is 0 Å². The van der Waals surface area contributed by atoms with Gasteiger partial charge in [0.2, 0.25) is 5.95 Å². The highest BCUT2D eigenvalue weighted by Gasteiger charge is 2.09. The third kappa shape index (κ3) is 2.73. The number of hydrogen-bond acceptors (Lipinski definition) is 4. The van der Waals surface area contributed by atoms with E-state index in [1.807, 2.05) is 36.2 Å². The highest BCUT2D eigenvalue weighted by molar-refractivity contribution is 14.1. The molecule has 5 heteroatoms. The lowest BCUT2D eigenvalue weighted by atomic mass is 10.1. The van der Waals surface area contributed by atoms with Gasteiger partial charge in [-0.15, -0.1) is 0 Å². The zero-order valence-corrected chi connectivity index (χ0v) is 11.6. The molecule has 0 saturated heterocycles. The minimum Gasteiger partial charge on any atom is -0.326 e. The molecule has 17 heavy (non-hydrogen) atoms. The van der Waals surface area contributed by atoms with Crippen molar-refractivity contribution in [3.05, 3.63) is 45.8 Å². The van der Waals surface area contributed by atoms with E-state index in [1.165, 1.54) is 0 Å². The van der Waals surface area contributed by atoms with E-state index in [2.05, 4.69) is 32.6 Å². The molecule has 2 rings (SSSR count). The van der Waals surface area contributed by atoms with E-state index in [1.54, 1.807) is 12.4 Å². The van der Waals surface area contributed by atoms with E-state index in [9.17, 15) is 0 Å². The Morgan fingerprint density at radius 3 is 2.53 bits per heavy atom. The number of benzene rings is 1. The van der Waals surface area contributed by atoms with Gasteiger partial charge in [-0.25, -0.2) is 9.97 Å². The van der Waals surface area contributed by atoms with Crippen molar-refractivity contribution in [2.45, 2.75) is 6.54 Å². The fourth-order valence-corrected chi connectivity index (χ4v) is 1.88. The van der Waals surface area contributed by atoms with Crippen LogP contribution in [-0.2, 0) is 6.54 Å². The first-order valence-electron chi connectivity index (χ1n) is 5.21. The summed E-state index contributed by atoms with van der Waals surface area (Å²) < 4.78 is 1.02. The molecule has 0 aliphatic heterocycles. The second-order valence-corrected chi connectivity index (χ2v) is 4.84. The van der Waals surface area contributed by atoms with Gasteiger partial charge in [0.15, 0.2) is 0 Å². The first-order valence-corrected chi connectivity index (χ1v) is 6.29. The summed E-state index contributed by atoms with van der Waals surface area (Å²) >= 11 is 2.19. The lowest BCUT2D eigenvalue weighted by Crippen LogP contribution is -2.15. The Labute approximate surface area is 114 Å². The summed E-state index contributed by atoms with van der Waals surface area (Å²) in [5.41, 5.74) is 7.84. The molecule has 2 aromatic rings. The van der Waals surface area contributed by atoms with E-state index < -0.39 is 0 Å². The van der Waals surface area contributed by atoms with Crippen LogP contribution in [0.15, 0.2) is 36.7 Å². The molecule has 0 fully saturated rings. The average molecular weight is 340 g/mol. The maximum absolute atomic E-state index is 5.72. The normalized spacial score (nSPS) is 10.3. The lowest BCUT2D eigenvalue weighted by Gasteiger charge is -2.19. The quantitative estimate of drug-likeness (QED) is 0.872. The summed E-state index contributed by atoms with van der Waals surface area (Å²) in [6.07, 6.45) is 3.59. The van der Waals surface area contributed by atoms with Crippen LogP contribution in [0.4, 0.5) is 11.6 Å². The molecule has 1 heterocycles. The van der Waals surface area contributed by atoms with Crippen LogP contribution in [0.5, 0.6) is 0 Å². The van der Waals surface area contributed by atoms with Crippen LogP contribution in [0.25, 0.3) is 0 Å². The number of hydrogen-bond donors (Lipinski definition) is 1. The predicted molar refractivity (Wildman–Crippen MR) is 77.1 cm³/mol. The van der Waals surface area contributed by atoms with Crippen LogP contribution >= 0.6 is 22.6 Å². The molecule has 0 bridgehead atoms. The molecule has 88 valence electrons. The molecule has 1 aromatic heterocycles. The molecule has 0 saturated carbocycles. The van der Waals surface area contributed by atoms with Crippen molar-refractivity contribution >= 4 is 34.2 Å². The van der Waals surface area contributed by atoms with Crippen LogP contribution in [0.1, 0.15) is 5.56 Å². The number of aromatic nitrogens is 2. The first-order chi connectivity index (χ1) is 8.22. The van der Waals surface area contributed by atoms with E-state index >= 15 is 0 Å². The summed E-state index contributed by atoms with van der Waals surface area (Å²) in [5, 5.41) is 0. The molecule has 0 aliphatic rings. The first kappa shape index (κ1) is 12.3. The van der Waals surface area contributed by atoms with Crippen molar-refractivity contribution in [1.82, 2.24) is 9.97 Å². The summed E-state index contributed by atoms with van der Waals surface area (Å²) in [4.78, 5) is 10.5. The Hall–Kier alpha value is -1.21. The minimum absolute atomic E-state index is 0.505. The topological polar surface area (TPSA) is 55.0 Å². The van der Waals surface area contributed by atoms with Gasteiger partial charge in [0, 0.05) is 35.2 Å². The summed E-state index contributed by atoms with van der Waals surface area (Å²) in [7, 11) is 1.94. The Morgan fingerprint density at radius 2 is 1.88 bits per heavy atom. The van der Waals surface area contributed by atoms with Crippen molar-refractivity contribution in [3.63, 3.8) is 0 Å². The predicted octanol–water partition coefficient (Wildman–Crippen LogP) is 2.31. The lowest BCUT2D eigenvalue weighted by molar-refractivity contribution is 0.999. The fourth-order valence-electron chi connectivity index (χ4n) is 1.60. The molecule has 0 amide bonds. The highest BCUT2D eigenvalue weighted by Crippen LogP contribution is 2.23. The van der Waals surface area contributed by atoms with Crippen LogP contribution in [0.3, 0.4) is 0 Å². The molecule has 0 spiro atoms. The molecule has 1 aromatic carbocycles. The maximum atomic E-state index is 5.72. The molecule has 0 atom stereocenters. The van der Waals surface area contributed by atoms with Crippen molar-refractivity contribution in [1.29, 1.82) is 0 Å². The molecule has 2 N–H and O–H groups in total. The second-order valence-electron chi connectivity index (χ2n) is 3.59. The Morgan fingerprint density at radius 1 is 1.24 bits per heavy atom. The van der Waals surface area contributed by atoms with E-state index in [-0.39, 0.29) is 0 Å². The number of rotatable bonds is 3. The van der Waals surface area contributed by atoms with Crippen molar-refractivity contribution < 1.29 is 0 Å². The third-order valence-electron chi connectivity index (χ3n) is 2.48. The van der Waals surface area contributed by atoms with Crippen LogP contribution in [0.2, 0.25) is 0 Å². The molecule has 0 aliphatic carbocycles. The number of halogens is 1. The Kier molecular flexibility index (Phi) is 3.90. The van der Waals surface area contributed by atoms with Crippen LogP contribution in [-0.4, -0.2) is 17.0 Å². The van der Waals surface area contributed by atoms with E-state index in [0.29, 0.717) is 12.5 Å². The SMILES string of the molecule is CN(c1ncc(I)cn1)c1ccccc1CN. The summed E-state index contributed by atoms with van der Waals surface area (Å²) in [5.74, 6) is 0.673. The van der Waals surface area contributed by atoms with Gasteiger partial charge in [-0.3, -0.25) is 0 Å².